The summed E-state index contributed by atoms with van der Waals surface area (Å²) in [4.78, 5) is 0. The van der Waals surface area contributed by atoms with Crippen LogP contribution in [0.4, 0.5) is 0 Å². The van der Waals surface area contributed by atoms with Gasteiger partial charge in [0, 0.05) is 5.92 Å². The predicted molar refractivity (Wildman–Crippen MR) is 89.5 cm³/mol. The van der Waals surface area contributed by atoms with Crippen LogP contribution in [-0.2, 0) is 0 Å². The lowest BCUT2D eigenvalue weighted by molar-refractivity contribution is 0.225. The molecule has 2 aromatic rings. The van der Waals surface area contributed by atoms with Gasteiger partial charge in [0.25, 0.3) is 0 Å². The summed E-state index contributed by atoms with van der Waals surface area (Å²) < 4.78 is 0. The molecule has 1 heterocycles. The van der Waals surface area contributed by atoms with Crippen molar-refractivity contribution in [1.29, 1.82) is 0 Å². The van der Waals surface area contributed by atoms with E-state index in [0.29, 0.717) is 5.92 Å². The van der Waals surface area contributed by atoms with Crippen molar-refractivity contribution < 1.29 is 0 Å². The van der Waals surface area contributed by atoms with Crippen LogP contribution >= 0.6 is 0 Å². The molecule has 2 atom stereocenters. The molecule has 2 aromatic carbocycles. The van der Waals surface area contributed by atoms with Crippen LogP contribution in [-0.4, -0.2) is 13.1 Å². The average Bonchev–Trinajstić information content (AvgIpc) is 2.58. The molecule has 0 bridgehead atoms. The normalized spacial score (nSPS) is 22.4. The monoisotopic (exact) mass is 279 g/mol. The van der Waals surface area contributed by atoms with Gasteiger partial charge in [-0.3, -0.25) is 0 Å². The lowest BCUT2D eigenvalue weighted by atomic mass is 9.70. The van der Waals surface area contributed by atoms with Gasteiger partial charge >= 0.3 is 0 Å². The Labute approximate surface area is 128 Å². The molecule has 0 aromatic heterocycles. The highest BCUT2D eigenvalue weighted by atomic mass is 14.9. The van der Waals surface area contributed by atoms with Crippen LogP contribution in [0.5, 0.6) is 0 Å². The van der Waals surface area contributed by atoms with Gasteiger partial charge < -0.3 is 5.32 Å². The largest absolute Gasteiger partial charge is 0.316 e. The molecule has 110 valence electrons. The van der Waals surface area contributed by atoms with E-state index in [-0.39, 0.29) is 0 Å². The first kappa shape index (κ1) is 14.3. The molecule has 1 aliphatic heterocycles. The van der Waals surface area contributed by atoms with E-state index in [1.54, 1.807) is 0 Å². The second kappa shape index (κ2) is 6.91. The SMILES string of the molecule is CCC1CNCCC1C(c1ccccc1)c1ccccc1. The maximum absolute atomic E-state index is 3.57. The van der Waals surface area contributed by atoms with Crippen LogP contribution in [0.25, 0.3) is 0 Å². The molecule has 1 aliphatic rings. The Bertz CT molecular complexity index is 495. The van der Waals surface area contributed by atoms with E-state index in [1.807, 2.05) is 0 Å². The van der Waals surface area contributed by atoms with Crippen molar-refractivity contribution in [2.45, 2.75) is 25.7 Å². The summed E-state index contributed by atoms with van der Waals surface area (Å²) in [5, 5.41) is 3.57. The van der Waals surface area contributed by atoms with Gasteiger partial charge in [0.1, 0.15) is 0 Å². The Balaban J connectivity index is 2.00. The molecule has 0 amide bonds. The zero-order valence-corrected chi connectivity index (χ0v) is 12.8. The molecular weight excluding hydrogens is 254 g/mol. The third-order valence-corrected chi connectivity index (χ3v) is 4.94. The van der Waals surface area contributed by atoms with Crippen molar-refractivity contribution in [2.75, 3.05) is 13.1 Å². The van der Waals surface area contributed by atoms with Gasteiger partial charge in [-0.05, 0) is 42.5 Å². The lowest BCUT2D eigenvalue weighted by Gasteiger charge is -2.38. The molecule has 1 N–H and O–H groups in total. The maximum Gasteiger partial charge on any atom is 0.0121 e. The van der Waals surface area contributed by atoms with Crippen molar-refractivity contribution in [3.8, 4) is 0 Å². The molecule has 0 aliphatic carbocycles. The summed E-state index contributed by atoms with van der Waals surface area (Å²) in [5.74, 6) is 2.03. The summed E-state index contributed by atoms with van der Waals surface area (Å²) in [5.41, 5.74) is 2.93. The Morgan fingerprint density at radius 3 is 2.05 bits per heavy atom. The second-order valence-corrected chi connectivity index (χ2v) is 6.12. The molecule has 1 saturated heterocycles. The van der Waals surface area contributed by atoms with Crippen molar-refractivity contribution >= 4 is 0 Å². The fraction of sp³-hybridized carbons (Fsp3) is 0.400. The first-order valence-corrected chi connectivity index (χ1v) is 8.20. The van der Waals surface area contributed by atoms with E-state index < -0.39 is 0 Å². The standard InChI is InChI=1S/C20H25N/c1-2-16-15-21-14-13-19(16)20(17-9-5-3-6-10-17)18-11-7-4-8-12-18/h3-12,16,19-21H,2,13-15H2,1H3. The fourth-order valence-corrected chi connectivity index (χ4v) is 3.84. The maximum atomic E-state index is 3.57. The summed E-state index contributed by atoms with van der Waals surface area (Å²) in [6, 6.07) is 22.1. The van der Waals surface area contributed by atoms with Crippen LogP contribution in [0.3, 0.4) is 0 Å². The highest BCUT2D eigenvalue weighted by Crippen LogP contribution is 2.40. The van der Waals surface area contributed by atoms with E-state index in [4.69, 9.17) is 0 Å². The van der Waals surface area contributed by atoms with Gasteiger partial charge in [-0.1, -0.05) is 74.0 Å². The minimum Gasteiger partial charge on any atom is -0.316 e. The zero-order valence-electron chi connectivity index (χ0n) is 12.8. The van der Waals surface area contributed by atoms with Crippen LogP contribution in [0.15, 0.2) is 60.7 Å². The van der Waals surface area contributed by atoms with Crippen LogP contribution in [0, 0.1) is 11.8 Å². The minimum absolute atomic E-state index is 0.527. The van der Waals surface area contributed by atoms with Gasteiger partial charge in [0.05, 0.1) is 0 Å². The second-order valence-electron chi connectivity index (χ2n) is 6.12. The summed E-state index contributed by atoms with van der Waals surface area (Å²) in [6.45, 7) is 4.65. The molecule has 21 heavy (non-hydrogen) atoms. The Kier molecular flexibility index (Phi) is 4.72. The summed E-state index contributed by atoms with van der Waals surface area (Å²) in [6.07, 6.45) is 2.53. The third kappa shape index (κ3) is 3.19. The van der Waals surface area contributed by atoms with Gasteiger partial charge in [0.15, 0.2) is 0 Å². The number of rotatable bonds is 4. The van der Waals surface area contributed by atoms with E-state index in [0.717, 1.165) is 24.9 Å². The number of hydrogen-bond donors (Lipinski definition) is 1. The molecule has 0 saturated carbocycles. The Morgan fingerprint density at radius 1 is 0.952 bits per heavy atom. The Morgan fingerprint density at radius 2 is 1.52 bits per heavy atom. The smallest absolute Gasteiger partial charge is 0.0121 e. The van der Waals surface area contributed by atoms with Crippen molar-refractivity contribution in [3.63, 3.8) is 0 Å². The molecule has 0 radical (unpaired) electrons. The van der Waals surface area contributed by atoms with Crippen LogP contribution in [0.2, 0.25) is 0 Å². The van der Waals surface area contributed by atoms with E-state index >= 15 is 0 Å². The van der Waals surface area contributed by atoms with E-state index in [2.05, 4.69) is 72.9 Å². The van der Waals surface area contributed by atoms with Gasteiger partial charge in [-0.15, -0.1) is 0 Å². The molecule has 1 heteroatoms. The van der Waals surface area contributed by atoms with Crippen molar-refractivity contribution in [1.82, 2.24) is 5.32 Å². The lowest BCUT2D eigenvalue weighted by Crippen LogP contribution is -2.39. The van der Waals surface area contributed by atoms with Crippen LogP contribution < -0.4 is 5.32 Å². The van der Waals surface area contributed by atoms with E-state index in [1.165, 1.54) is 24.0 Å². The minimum atomic E-state index is 0.527. The van der Waals surface area contributed by atoms with Crippen molar-refractivity contribution in [2.24, 2.45) is 11.8 Å². The third-order valence-electron chi connectivity index (χ3n) is 4.94. The molecule has 1 fully saturated rings. The number of nitrogens with one attached hydrogen (secondary N) is 1. The summed E-state index contributed by atoms with van der Waals surface area (Å²) >= 11 is 0. The quantitative estimate of drug-likeness (QED) is 0.871. The molecule has 3 rings (SSSR count). The van der Waals surface area contributed by atoms with Crippen LogP contribution in [0.1, 0.15) is 36.8 Å². The first-order valence-electron chi connectivity index (χ1n) is 8.20. The van der Waals surface area contributed by atoms with Crippen molar-refractivity contribution in [3.05, 3.63) is 71.8 Å². The van der Waals surface area contributed by atoms with Gasteiger partial charge in [0.2, 0.25) is 0 Å². The van der Waals surface area contributed by atoms with E-state index in [9.17, 15) is 0 Å². The highest BCUT2D eigenvalue weighted by molar-refractivity contribution is 5.33. The highest BCUT2D eigenvalue weighted by Gasteiger charge is 2.32. The molecule has 1 nitrogen and oxygen atoms in total. The molecule has 0 spiro atoms. The number of benzene rings is 2. The number of hydrogen-bond acceptors (Lipinski definition) is 1. The zero-order chi connectivity index (χ0) is 14.5. The molecule has 2 unspecified atom stereocenters. The average molecular weight is 279 g/mol. The Hall–Kier alpha value is -1.60. The van der Waals surface area contributed by atoms with Gasteiger partial charge in [-0.2, -0.15) is 0 Å². The fourth-order valence-electron chi connectivity index (χ4n) is 3.84. The summed E-state index contributed by atoms with van der Waals surface area (Å²) in [7, 11) is 0. The number of piperidine rings is 1. The molecular formula is C20H25N. The predicted octanol–water partition coefficient (Wildman–Crippen LogP) is 4.45. The topological polar surface area (TPSA) is 12.0 Å². The van der Waals surface area contributed by atoms with Gasteiger partial charge in [-0.25, -0.2) is 0 Å². The first-order chi connectivity index (χ1) is 10.4.